The van der Waals surface area contributed by atoms with Crippen LogP contribution in [0.25, 0.3) is 0 Å². The maximum atomic E-state index is 5.47. The molecule has 2 aliphatic rings. The van der Waals surface area contributed by atoms with Crippen molar-refractivity contribution < 1.29 is 4.74 Å². The SMILES string of the molecule is C=CCNC(=S)Nc1nc(N2CCOCC2)cc(N2CCCC[C@H]2C)n1. The Kier molecular flexibility index (Phi) is 6.62. The molecule has 1 aromatic heterocycles. The number of ether oxygens (including phenoxy) is 1. The molecule has 3 heterocycles. The molecule has 2 saturated heterocycles. The zero-order valence-corrected chi connectivity index (χ0v) is 16.2. The molecule has 0 aliphatic carbocycles. The second kappa shape index (κ2) is 9.14. The fraction of sp³-hybridized carbons (Fsp3) is 0.611. The van der Waals surface area contributed by atoms with Gasteiger partial charge >= 0.3 is 0 Å². The lowest BCUT2D eigenvalue weighted by Gasteiger charge is -2.35. The summed E-state index contributed by atoms with van der Waals surface area (Å²) in [7, 11) is 0. The molecular formula is C18H28N6OS. The minimum absolute atomic E-state index is 0.481. The van der Waals surface area contributed by atoms with Gasteiger partial charge in [0, 0.05) is 38.3 Å². The Morgan fingerprint density at radius 3 is 2.81 bits per heavy atom. The Labute approximate surface area is 160 Å². The molecule has 26 heavy (non-hydrogen) atoms. The van der Waals surface area contributed by atoms with Crippen molar-refractivity contribution in [3.05, 3.63) is 18.7 Å². The van der Waals surface area contributed by atoms with Crippen molar-refractivity contribution in [2.45, 2.75) is 32.2 Å². The second-order valence-corrected chi connectivity index (χ2v) is 7.08. The molecule has 2 fully saturated rings. The van der Waals surface area contributed by atoms with Crippen molar-refractivity contribution in [1.82, 2.24) is 15.3 Å². The molecule has 3 rings (SSSR count). The summed E-state index contributed by atoms with van der Waals surface area (Å²) in [4.78, 5) is 14.1. The highest BCUT2D eigenvalue weighted by atomic mass is 32.1. The number of aromatic nitrogens is 2. The average Bonchev–Trinajstić information content (AvgIpc) is 2.67. The van der Waals surface area contributed by atoms with Crippen LogP contribution in [0.1, 0.15) is 26.2 Å². The first-order valence-corrected chi connectivity index (χ1v) is 9.72. The molecule has 2 aliphatic heterocycles. The average molecular weight is 377 g/mol. The molecule has 1 atom stereocenters. The molecule has 1 aromatic rings. The summed E-state index contributed by atoms with van der Waals surface area (Å²) >= 11 is 5.33. The van der Waals surface area contributed by atoms with Gasteiger partial charge in [-0.05, 0) is 38.4 Å². The molecule has 7 nitrogen and oxygen atoms in total. The van der Waals surface area contributed by atoms with Crippen LogP contribution in [0.4, 0.5) is 17.6 Å². The summed E-state index contributed by atoms with van der Waals surface area (Å²) in [6, 6.07) is 2.58. The number of morpholine rings is 1. The highest BCUT2D eigenvalue weighted by Crippen LogP contribution is 2.27. The van der Waals surface area contributed by atoms with Crippen molar-refractivity contribution >= 4 is 34.9 Å². The van der Waals surface area contributed by atoms with E-state index in [1.165, 1.54) is 19.3 Å². The maximum Gasteiger partial charge on any atom is 0.232 e. The van der Waals surface area contributed by atoms with Gasteiger partial charge in [0.1, 0.15) is 11.6 Å². The Hall–Kier alpha value is -1.93. The van der Waals surface area contributed by atoms with E-state index in [2.05, 4.69) is 40.0 Å². The first kappa shape index (κ1) is 18.8. The first-order valence-electron chi connectivity index (χ1n) is 9.31. The normalized spacial score (nSPS) is 20.6. The monoisotopic (exact) mass is 376 g/mol. The predicted molar refractivity (Wildman–Crippen MR) is 110 cm³/mol. The van der Waals surface area contributed by atoms with Crippen LogP contribution in [0, 0.1) is 0 Å². The Bertz CT molecular complexity index is 634. The van der Waals surface area contributed by atoms with Crippen LogP contribution in [0.2, 0.25) is 0 Å². The van der Waals surface area contributed by atoms with Crippen molar-refractivity contribution in [2.75, 3.05) is 54.5 Å². The summed E-state index contributed by atoms with van der Waals surface area (Å²) in [5, 5.41) is 6.68. The molecule has 0 unspecified atom stereocenters. The third-order valence-corrected chi connectivity index (χ3v) is 5.01. The van der Waals surface area contributed by atoms with Gasteiger partial charge in [-0.25, -0.2) is 0 Å². The van der Waals surface area contributed by atoms with E-state index in [1.807, 2.05) is 0 Å². The van der Waals surface area contributed by atoms with Gasteiger partial charge < -0.3 is 25.2 Å². The Morgan fingerprint density at radius 2 is 2.08 bits per heavy atom. The van der Waals surface area contributed by atoms with Crippen LogP contribution < -0.4 is 20.4 Å². The number of nitrogens with one attached hydrogen (secondary N) is 2. The number of rotatable bonds is 5. The largest absolute Gasteiger partial charge is 0.378 e. The highest BCUT2D eigenvalue weighted by Gasteiger charge is 2.23. The van der Waals surface area contributed by atoms with Crippen LogP contribution in [-0.2, 0) is 4.74 Å². The molecule has 0 aromatic carbocycles. The lowest BCUT2D eigenvalue weighted by atomic mass is 10.0. The Morgan fingerprint density at radius 1 is 1.31 bits per heavy atom. The van der Waals surface area contributed by atoms with E-state index in [4.69, 9.17) is 26.9 Å². The van der Waals surface area contributed by atoms with Gasteiger partial charge in [-0.2, -0.15) is 9.97 Å². The van der Waals surface area contributed by atoms with Crippen molar-refractivity contribution in [2.24, 2.45) is 0 Å². The predicted octanol–water partition coefficient (Wildman–Crippen LogP) is 2.16. The van der Waals surface area contributed by atoms with Gasteiger partial charge in [0.25, 0.3) is 0 Å². The van der Waals surface area contributed by atoms with Crippen LogP contribution in [-0.4, -0.2) is 60.5 Å². The van der Waals surface area contributed by atoms with E-state index in [0.717, 1.165) is 44.5 Å². The third kappa shape index (κ3) is 4.82. The van der Waals surface area contributed by atoms with Gasteiger partial charge in [-0.1, -0.05) is 6.08 Å². The van der Waals surface area contributed by atoms with Crippen molar-refractivity contribution in [3.8, 4) is 0 Å². The summed E-state index contributed by atoms with van der Waals surface area (Å²) < 4.78 is 5.47. The van der Waals surface area contributed by atoms with Crippen molar-refractivity contribution in [1.29, 1.82) is 0 Å². The lowest BCUT2D eigenvalue weighted by Crippen LogP contribution is -2.40. The molecule has 0 radical (unpaired) electrons. The van der Waals surface area contributed by atoms with Gasteiger partial charge in [0.2, 0.25) is 5.95 Å². The second-order valence-electron chi connectivity index (χ2n) is 6.67. The summed E-state index contributed by atoms with van der Waals surface area (Å²) in [5.41, 5.74) is 0. The van der Waals surface area contributed by atoms with Crippen LogP contribution in [0.3, 0.4) is 0 Å². The van der Waals surface area contributed by atoms with E-state index < -0.39 is 0 Å². The van der Waals surface area contributed by atoms with Crippen molar-refractivity contribution in [3.63, 3.8) is 0 Å². The van der Waals surface area contributed by atoms with Crippen LogP contribution in [0.15, 0.2) is 18.7 Å². The summed E-state index contributed by atoms with van der Waals surface area (Å²) in [5.74, 6) is 2.41. The van der Waals surface area contributed by atoms with E-state index in [9.17, 15) is 0 Å². The molecule has 2 N–H and O–H groups in total. The zero-order chi connectivity index (χ0) is 18.4. The molecule has 0 amide bonds. The minimum atomic E-state index is 0.481. The molecule has 0 saturated carbocycles. The quantitative estimate of drug-likeness (QED) is 0.599. The molecule has 8 heteroatoms. The minimum Gasteiger partial charge on any atom is -0.378 e. The number of anilines is 3. The molecule has 0 spiro atoms. The molecular weight excluding hydrogens is 348 g/mol. The van der Waals surface area contributed by atoms with Crippen LogP contribution >= 0.6 is 12.2 Å². The first-order chi connectivity index (χ1) is 12.7. The summed E-state index contributed by atoms with van der Waals surface area (Å²) in [6.45, 7) is 10.7. The van der Waals surface area contributed by atoms with E-state index >= 15 is 0 Å². The number of nitrogens with zero attached hydrogens (tertiary/aromatic N) is 4. The standard InChI is InChI=1S/C18H28N6OS/c1-3-7-19-18(26)22-17-20-15(23-9-11-25-12-10-23)13-16(21-17)24-8-5-4-6-14(24)2/h3,13-14H,1,4-12H2,2H3,(H2,19,20,21,22,26)/t14-/m1/s1. The number of hydrogen-bond acceptors (Lipinski definition) is 6. The van der Waals surface area contributed by atoms with Crippen LogP contribution in [0.5, 0.6) is 0 Å². The van der Waals surface area contributed by atoms with Gasteiger partial charge in [0.05, 0.1) is 13.2 Å². The maximum absolute atomic E-state index is 5.47. The smallest absolute Gasteiger partial charge is 0.232 e. The number of piperidine rings is 1. The van der Waals surface area contributed by atoms with E-state index in [-0.39, 0.29) is 0 Å². The summed E-state index contributed by atoms with van der Waals surface area (Å²) in [6.07, 6.45) is 5.43. The van der Waals surface area contributed by atoms with E-state index in [0.29, 0.717) is 23.6 Å². The molecule has 142 valence electrons. The van der Waals surface area contributed by atoms with Gasteiger partial charge in [-0.15, -0.1) is 6.58 Å². The van der Waals surface area contributed by atoms with Gasteiger partial charge in [-0.3, -0.25) is 0 Å². The number of thiocarbonyl (C=S) groups is 1. The third-order valence-electron chi connectivity index (χ3n) is 4.76. The lowest BCUT2D eigenvalue weighted by molar-refractivity contribution is 0.122. The van der Waals surface area contributed by atoms with E-state index in [1.54, 1.807) is 6.08 Å². The highest BCUT2D eigenvalue weighted by molar-refractivity contribution is 7.80. The topological polar surface area (TPSA) is 65.6 Å². The van der Waals surface area contributed by atoms with Gasteiger partial charge in [0.15, 0.2) is 5.11 Å². The number of hydrogen-bond donors (Lipinski definition) is 2. The Balaban J connectivity index is 1.85. The fourth-order valence-electron chi connectivity index (χ4n) is 3.33. The molecule has 0 bridgehead atoms. The fourth-order valence-corrected chi connectivity index (χ4v) is 3.50. The zero-order valence-electron chi connectivity index (χ0n) is 15.4.